The van der Waals surface area contributed by atoms with Crippen LogP contribution in [-0.4, -0.2) is 38.9 Å². The number of amides is 2. The zero-order valence-corrected chi connectivity index (χ0v) is 12.6. The standard InChI is InChI=1S/C15H21F2N3O2/c1-2-22-8-5-18-15(21)19-11-9-12(16)14(13(17)10-11)20-6-3-4-7-20/h9-10H,2-8H2,1H3,(H2,18,19,21). The van der Waals surface area contributed by atoms with Crippen molar-refractivity contribution in [1.29, 1.82) is 0 Å². The lowest BCUT2D eigenvalue weighted by Gasteiger charge is -2.19. The molecule has 1 aliphatic heterocycles. The summed E-state index contributed by atoms with van der Waals surface area (Å²) in [4.78, 5) is 13.3. The van der Waals surface area contributed by atoms with Crippen LogP contribution in [0, 0.1) is 11.6 Å². The predicted molar refractivity (Wildman–Crippen MR) is 81.3 cm³/mol. The van der Waals surface area contributed by atoms with Gasteiger partial charge in [0.25, 0.3) is 0 Å². The second kappa shape index (κ2) is 7.93. The summed E-state index contributed by atoms with van der Waals surface area (Å²) in [6.45, 7) is 4.44. The van der Waals surface area contributed by atoms with E-state index in [0.29, 0.717) is 32.8 Å². The van der Waals surface area contributed by atoms with Gasteiger partial charge in [-0.15, -0.1) is 0 Å². The lowest BCUT2D eigenvalue weighted by atomic mass is 10.2. The molecule has 22 heavy (non-hydrogen) atoms. The van der Waals surface area contributed by atoms with Gasteiger partial charge in [-0.1, -0.05) is 0 Å². The number of benzene rings is 1. The third-order valence-corrected chi connectivity index (χ3v) is 3.43. The van der Waals surface area contributed by atoms with Crippen LogP contribution in [0.4, 0.5) is 25.0 Å². The van der Waals surface area contributed by atoms with Gasteiger partial charge in [-0.25, -0.2) is 13.6 Å². The summed E-state index contributed by atoms with van der Waals surface area (Å²) >= 11 is 0. The van der Waals surface area contributed by atoms with Gasteiger partial charge in [0.2, 0.25) is 0 Å². The number of urea groups is 1. The van der Waals surface area contributed by atoms with Crippen LogP contribution in [0.2, 0.25) is 0 Å². The summed E-state index contributed by atoms with van der Waals surface area (Å²) in [7, 11) is 0. The lowest BCUT2D eigenvalue weighted by Crippen LogP contribution is -2.31. The first-order valence-electron chi connectivity index (χ1n) is 7.48. The molecule has 1 aliphatic rings. The molecule has 2 N–H and O–H groups in total. The number of anilines is 2. The molecular formula is C15H21F2N3O2. The van der Waals surface area contributed by atoms with Crippen LogP contribution in [0.5, 0.6) is 0 Å². The molecule has 1 saturated heterocycles. The van der Waals surface area contributed by atoms with Gasteiger partial charge in [0.05, 0.1) is 6.61 Å². The first-order valence-corrected chi connectivity index (χ1v) is 7.48. The molecule has 1 aromatic carbocycles. The van der Waals surface area contributed by atoms with E-state index in [1.807, 2.05) is 6.92 Å². The number of nitrogens with zero attached hydrogens (tertiary/aromatic N) is 1. The van der Waals surface area contributed by atoms with E-state index in [1.165, 1.54) is 0 Å². The third-order valence-electron chi connectivity index (χ3n) is 3.43. The Morgan fingerprint density at radius 2 is 1.91 bits per heavy atom. The average molecular weight is 313 g/mol. The zero-order chi connectivity index (χ0) is 15.9. The van der Waals surface area contributed by atoms with Crippen molar-refractivity contribution in [2.45, 2.75) is 19.8 Å². The maximum atomic E-state index is 14.1. The minimum absolute atomic E-state index is 0.0141. The molecule has 0 aliphatic carbocycles. The van der Waals surface area contributed by atoms with Crippen LogP contribution in [0.3, 0.4) is 0 Å². The summed E-state index contributed by atoms with van der Waals surface area (Å²) in [5.74, 6) is -1.32. The van der Waals surface area contributed by atoms with Gasteiger partial charge in [0.15, 0.2) is 11.6 Å². The van der Waals surface area contributed by atoms with Crippen molar-refractivity contribution < 1.29 is 18.3 Å². The molecule has 0 spiro atoms. The van der Waals surface area contributed by atoms with Crippen LogP contribution < -0.4 is 15.5 Å². The van der Waals surface area contributed by atoms with Crippen molar-refractivity contribution in [3.63, 3.8) is 0 Å². The SMILES string of the molecule is CCOCCNC(=O)Nc1cc(F)c(N2CCCC2)c(F)c1. The Morgan fingerprint density at radius 3 is 2.50 bits per heavy atom. The predicted octanol–water partition coefficient (Wildman–Crippen LogP) is 2.72. The molecule has 7 heteroatoms. The second-order valence-corrected chi connectivity index (χ2v) is 5.06. The fraction of sp³-hybridized carbons (Fsp3) is 0.533. The quantitative estimate of drug-likeness (QED) is 0.794. The van der Waals surface area contributed by atoms with Crippen molar-refractivity contribution in [3.05, 3.63) is 23.8 Å². The normalized spacial score (nSPS) is 14.2. The Balaban J connectivity index is 1.96. The minimum Gasteiger partial charge on any atom is -0.380 e. The van der Waals surface area contributed by atoms with Crippen molar-refractivity contribution in [2.75, 3.05) is 43.1 Å². The van der Waals surface area contributed by atoms with E-state index < -0.39 is 17.7 Å². The van der Waals surface area contributed by atoms with Gasteiger partial charge in [-0.05, 0) is 31.9 Å². The Kier molecular flexibility index (Phi) is 5.94. The Labute approximate surface area is 128 Å². The second-order valence-electron chi connectivity index (χ2n) is 5.06. The fourth-order valence-electron chi connectivity index (χ4n) is 2.44. The molecular weight excluding hydrogens is 292 g/mol. The molecule has 0 bridgehead atoms. The van der Waals surface area contributed by atoms with Crippen molar-refractivity contribution >= 4 is 17.4 Å². The zero-order valence-electron chi connectivity index (χ0n) is 12.6. The molecule has 1 aromatic rings. The summed E-state index contributed by atoms with van der Waals surface area (Å²) in [6, 6.07) is 1.75. The van der Waals surface area contributed by atoms with Crippen molar-refractivity contribution in [2.24, 2.45) is 0 Å². The van der Waals surface area contributed by atoms with Crippen LogP contribution in [-0.2, 0) is 4.74 Å². The van der Waals surface area contributed by atoms with Crippen LogP contribution in [0.15, 0.2) is 12.1 Å². The van der Waals surface area contributed by atoms with E-state index in [9.17, 15) is 13.6 Å². The van der Waals surface area contributed by atoms with Crippen LogP contribution in [0.25, 0.3) is 0 Å². The molecule has 0 saturated carbocycles. The number of hydrogen-bond donors (Lipinski definition) is 2. The molecule has 0 radical (unpaired) electrons. The van der Waals surface area contributed by atoms with E-state index in [1.54, 1.807) is 4.90 Å². The highest BCUT2D eigenvalue weighted by Gasteiger charge is 2.21. The van der Waals surface area contributed by atoms with E-state index in [4.69, 9.17) is 4.74 Å². The smallest absolute Gasteiger partial charge is 0.319 e. The highest BCUT2D eigenvalue weighted by molar-refractivity contribution is 5.89. The van der Waals surface area contributed by atoms with Gasteiger partial charge < -0.3 is 20.3 Å². The van der Waals surface area contributed by atoms with Crippen LogP contribution >= 0.6 is 0 Å². The Hall–Kier alpha value is -1.89. The molecule has 122 valence electrons. The third kappa shape index (κ3) is 4.30. The van der Waals surface area contributed by atoms with Crippen molar-refractivity contribution in [1.82, 2.24) is 5.32 Å². The molecule has 1 heterocycles. The molecule has 2 rings (SSSR count). The molecule has 0 atom stereocenters. The number of hydrogen-bond acceptors (Lipinski definition) is 3. The highest BCUT2D eigenvalue weighted by Crippen LogP contribution is 2.29. The molecule has 0 unspecified atom stereocenters. The summed E-state index contributed by atoms with van der Waals surface area (Å²) in [5.41, 5.74) is 0.0756. The summed E-state index contributed by atoms with van der Waals surface area (Å²) in [6.07, 6.45) is 1.86. The van der Waals surface area contributed by atoms with Crippen molar-refractivity contribution in [3.8, 4) is 0 Å². The van der Waals surface area contributed by atoms with E-state index in [0.717, 1.165) is 25.0 Å². The first kappa shape index (κ1) is 16.5. The van der Waals surface area contributed by atoms with E-state index in [-0.39, 0.29) is 11.4 Å². The van der Waals surface area contributed by atoms with Crippen LogP contribution in [0.1, 0.15) is 19.8 Å². The first-order chi connectivity index (χ1) is 10.6. The number of ether oxygens (including phenoxy) is 1. The van der Waals surface area contributed by atoms with Gasteiger partial charge in [0, 0.05) is 31.9 Å². The fourth-order valence-corrected chi connectivity index (χ4v) is 2.44. The Bertz CT molecular complexity index is 497. The molecule has 0 aromatic heterocycles. The lowest BCUT2D eigenvalue weighted by molar-refractivity contribution is 0.150. The van der Waals surface area contributed by atoms with Gasteiger partial charge in [0.1, 0.15) is 5.69 Å². The molecule has 2 amide bonds. The molecule has 5 nitrogen and oxygen atoms in total. The number of carbonyl (C=O) groups excluding carboxylic acids is 1. The summed E-state index contributed by atoms with van der Waals surface area (Å²) < 4.78 is 33.3. The van der Waals surface area contributed by atoms with E-state index in [2.05, 4.69) is 10.6 Å². The average Bonchev–Trinajstić information content (AvgIpc) is 2.97. The minimum atomic E-state index is -0.661. The number of carbonyl (C=O) groups is 1. The highest BCUT2D eigenvalue weighted by atomic mass is 19.1. The molecule has 1 fully saturated rings. The number of nitrogens with one attached hydrogen (secondary N) is 2. The van der Waals surface area contributed by atoms with Gasteiger partial charge in [-0.2, -0.15) is 0 Å². The number of rotatable bonds is 6. The topological polar surface area (TPSA) is 53.6 Å². The van der Waals surface area contributed by atoms with E-state index >= 15 is 0 Å². The number of halogens is 2. The maximum absolute atomic E-state index is 14.1. The monoisotopic (exact) mass is 313 g/mol. The van der Waals surface area contributed by atoms with Gasteiger partial charge >= 0.3 is 6.03 Å². The maximum Gasteiger partial charge on any atom is 0.319 e. The largest absolute Gasteiger partial charge is 0.380 e. The summed E-state index contributed by atoms with van der Waals surface area (Å²) in [5, 5.41) is 4.96. The Morgan fingerprint density at radius 1 is 1.27 bits per heavy atom. The van der Waals surface area contributed by atoms with Gasteiger partial charge in [-0.3, -0.25) is 0 Å².